The highest BCUT2D eigenvalue weighted by atomic mass is 16.2. The summed E-state index contributed by atoms with van der Waals surface area (Å²) in [4.78, 5) is 27.1. The van der Waals surface area contributed by atoms with Gasteiger partial charge in [-0.2, -0.15) is 0 Å². The Labute approximate surface area is 153 Å². The van der Waals surface area contributed by atoms with Crippen LogP contribution in [0.5, 0.6) is 0 Å². The number of carbonyl (C=O) groups excluding carboxylic acids is 2. The van der Waals surface area contributed by atoms with Crippen LogP contribution in [0.1, 0.15) is 28.5 Å². The summed E-state index contributed by atoms with van der Waals surface area (Å²) in [5, 5.41) is 11.2. The molecule has 3 rings (SSSR count). The predicted molar refractivity (Wildman–Crippen MR) is 100 cm³/mol. The third-order valence-electron chi connectivity index (χ3n) is 4.65. The molecule has 1 aliphatic heterocycles. The lowest BCUT2D eigenvalue weighted by atomic mass is 10.1. The third-order valence-corrected chi connectivity index (χ3v) is 4.65. The Bertz CT molecular complexity index is 783. The number of rotatable bonds is 5. The van der Waals surface area contributed by atoms with Gasteiger partial charge in [0.25, 0.3) is 5.91 Å². The summed E-state index contributed by atoms with van der Waals surface area (Å²) < 4.78 is 0. The molecule has 2 heterocycles. The largest absolute Gasteiger partial charge is 0.352 e. The Hall–Kier alpha value is -2.96. The first-order valence-electron chi connectivity index (χ1n) is 8.80. The standard InChI is InChI=1S/C19H23N5O2/c1-3-15-6-4-5-14(2)18(15)20-19(26)16-7-8-17(22-21-16)24-11-9-23(13-25)10-12-24/h4-8,13H,3,9-12H2,1-2H3,(H,20,26). The van der Waals surface area contributed by atoms with Crippen LogP contribution < -0.4 is 10.2 Å². The molecule has 2 aromatic rings. The second kappa shape index (κ2) is 7.95. The Morgan fingerprint density at radius 3 is 2.54 bits per heavy atom. The number of benzene rings is 1. The molecular formula is C19H23N5O2. The normalized spacial score (nSPS) is 14.2. The van der Waals surface area contributed by atoms with Crippen molar-refractivity contribution in [3.63, 3.8) is 0 Å². The van der Waals surface area contributed by atoms with Crippen LogP contribution in [0.25, 0.3) is 0 Å². The molecule has 7 heteroatoms. The molecule has 1 aromatic heterocycles. The Balaban J connectivity index is 1.69. The second-order valence-electron chi connectivity index (χ2n) is 6.32. The van der Waals surface area contributed by atoms with E-state index in [0.717, 1.165) is 35.5 Å². The summed E-state index contributed by atoms with van der Waals surface area (Å²) in [6.07, 6.45) is 1.71. The van der Waals surface area contributed by atoms with Gasteiger partial charge in [-0.25, -0.2) is 0 Å². The average molecular weight is 353 g/mol. The minimum Gasteiger partial charge on any atom is -0.352 e. The van der Waals surface area contributed by atoms with E-state index in [1.807, 2.05) is 25.1 Å². The molecule has 1 N–H and O–H groups in total. The predicted octanol–water partition coefficient (Wildman–Crippen LogP) is 1.88. The van der Waals surface area contributed by atoms with Crippen LogP contribution in [0.15, 0.2) is 30.3 Å². The molecule has 136 valence electrons. The van der Waals surface area contributed by atoms with Gasteiger partial charge in [-0.3, -0.25) is 9.59 Å². The zero-order chi connectivity index (χ0) is 18.5. The monoisotopic (exact) mass is 353 g/mol. The van der Waals surface area contributed by atoms with Gasteiger partial charge in [-0.1, -0.05) is 25.1 Å². The molecule has 0 atom stereocenters. The van der Waals surface area contributed by atoms with Crippen molar-refractivity contribution in [1.29, 1.82) is 0 Å². The summed E-state index contributed by atoms with van der Waals surface area (Å²) in [6, 6.07) is 9.46. The highest BCUT2D eigenvalue weighted by molar-refractivity contribution is 6.03. The zero-order valence-electron chi connectivity index (χ0n) is 15.1. The number of amides is 2. The molecule has 0 aliphatic carbocycles. The van der Waals surface area contributed by atoms with E-state index >= 15 is 0 Å². The Kier molecular flexibility index (Phi) is 5.46. The van der Waals surface area contributed by atoms with Gasteiger partial charge in [0, 0.05) is 31.9 Å². The van der Waals surface area contributed by atoms with Crippen molar-refractivity contribution in [3.8, 4) is 0 Å². The van der Waals surface area contributed by atoms with Gasteiger partial charge in [-0.15, -0.1) is 10.2 Å². The summed E-state index contributed by atoms with van der Waals surface area (Å²) >= 11 is 0. The molecule has 0 saturated carbocycles. The minimum atomic E-state index is -0.265. The second-order valence-corrected chi connectivity index (χ2v) is 6.32. The number of piperazine rings is 1. The lowest BCUT2D eigenvalue weighted by Crippen LogP contribution is -2.46. The minimum absolute atomic E-state index is 0.265. The fourth-order valence-corrected chi connectivity index (χ4v) is 3.05. The van der Waals surface area contributed by atoms with E-state index in [-0.39, 0.29) is 11.6 Å². The van der Waals surface area contributed by atoms with Crippen LogP contribution >= 0.6 is 0 Å². The van der Waals surface area contributed by atoms with Gasteiger partial charge in [0.2, 0.25) is 6.41 Å². The molecule has 26 heavy (non-hydrogen) atoms. The molecule has 2 amide bonds. The van der Waals surface area contributed by atoms with E-state index in [1.165, 1.54) is 0 Å². The first-order valence-corrected chi connectivity index (χ1v) is 8.80. The Morgan fingerprint density at radius 2 is 1.92 bits per heavy atom. The summed E-state index contributed by atoms with van der Waals surface area (Å²) in [7, 11) is 0. The van der Waals surface area contributed by atoms with E-state index in [9.17, 15) is 9.59 Å². The topological polar surface area (TPSA) is 78.4 Å². The number of carbonyl (C=O) groups is 2. The Morgan fingerprint density at radius 1 is 1.15 bits per heavy atom. The van der Waals surface area contributed by atoms with Crippen LogP contribution in [0.4, 0.5) is 11.5 Å². The fourth-order valence-electron chi connectivity index (χ4n) is 3.05. The smallest absolute Gasteiger partial charge is 0.276 e. The van der Waals surface area contributed by atoms with Gasteiger partial charge in [0.15, 0.2) is 11.5 Å². The summed E-state index contributed by atoms with van der Waals surface area (Å²) in [5.41, 5.74) is 3.24. The first-order chi connectivity index (χ1) is 12.6. The number of anilines is 2. The van der Waals surface area contributed by atoms with Gasteiger partial charge < -0.3 is 15.1 Å². The van der Waals surface area contributed by atoms with Gasteiger partial charge in [-0.05, 0) is 36.6 Å². The molecule has 0 bridgehead atoms. The summed E-state index contributed by atoms with van der Waals surface area (Å²) in [5.74, 6) is 0.455. The average Bonchev–Trinajstić information content (AvgIpc) is 2.69. The van der Waals surface area contributed by atoms with E-state index in [2.05, 4.69) is 27.3 Å². The lowest BCUT2D eigenvalue weighted by Gasteiger charge is -2.32. The SMILES string of the molecule is CCc1cccc(C)c1NC(=O)c1ccc(N2CCN(C=O)CC2)nn1. The molecule has 1 fully saturated rings. The number of aromatic nitrogens is 2. The van der Waals surface area contributed by atoms with E-state index in [0.29, 0.717) is 26.2 Å². The number of hydrogen-bond acceptors (Lipinski definition) is 5. The molecule has 0 spiro atoms. The van der Waals surface area contributed by atoms with Crippen molar-refractivity contribution in [2.45, 2.75) is 20.3 Å². The van der Waals surface area contributed by atoms with Crippen LogP contribution in [0.2, 0.25) is 0 Å². The molecule has 7 nitrogen and oxygen atoms in total. The molecule has 1 saturated heterocycles. The molecular weight excluding hydrogens is 330 g/mol. The number of aryl methyl sites for hydroxylation is 2. The van der Waals surface area contributed by atoms with Crippen LogP contribution in [0.3, 0.4) is 0 Å². The van der Waals surface area contributed by atoms with Crippen molar-refractivity contribution >= 4 is 23.8 Å². The van der Waals surface area contributed by atoms with Crippen molar-refractivity contribution in [2.75, 3.05) is 36.4 Å². The molecule has 1 aliphatic rings. The third kappa shape index (κ3) is 3.82. The molecule has 0 radical (unpaired) electrons. The van der Waals surface area contributed by atoms with E-state index in [1.54, 1.807) is 17.0 Å². The number of hydrogen-bond donors (Lipinski definition) is 1. The molecule has 1 aromatic carbocycles. The highest BCUT2D eigenvalue weighted by Crippen LogP contribution is 2.22. The highest BCUT2D eigenvalue weighted by Gasteiger charge is 2.18. The van der Waals surface area contributed by atoms with Gasteiger partial charge in [0.05, 0.1) is 0 Å². The maximum atomic E-state index is 12.5. The van der Waals surface area contributed by atoms with Crippen molar-refractivity contribution in [2.24, 2.45) is 0 Å². The number of nitrogens with one attached hydrogen (secondary N) is 1. The van der Waals surface area contributed by atoms with Crippen LogP contribution in [0, 0.1) is 6.92 Å². The van der Waals surface area contributed by atoms with E-state index < -0.39 is 0 Å². The molecule has 0 unspecified atom stereocenters. The van der Waals surface area contributed by atoms with Crippen molar-refractivity contribution < 1.29 is 9.59 Å². The first kappa shape index (κ1) is 17.8. The fraction of sp³-hybridized carbons (Fsp3) is 0.368. The van der Waals surface area contributed by atoms with Crippen molar-refractivity contribution in [3.05, 3.63) is 47.2 Å². The number of para-hydroxylation sites is 1. The summed E-state index contributed by atoms with van der Waals surface area (Å²) in [6.45, 7) is 6.79. The van der Waals surface area contributed by atoms with E-state index in [4.69, 9.17) is 0 Å². The van der Waals surface area contributed by atoms with Crippen molar-refractivity contribution in [1.82, 2.24) is 15.1 Å². The lowest BCUT2D eigenvalue weighted by molar-refractivity contribution is -0.118. The van der Waals surface area contributed by atoms with Crippen LogP contribution in [-0.2, 0) is 11.2 Å². The maximum Gasteiger partial charge on any atom is 0.276 e. The van der Waals surface area contributed by atoms with Gasteiger partial charge >= 0.3 is 0 Å². The van der Waals surface area contributed by atoms with Crippen LogP contribution in [-0.4, -0.2) is 53.6 Å². The van der Waals surface area contributed by atoms with Gasteiger partial charge in [0.1, 0.15) is 0 Å². The quantitative estimate of drug-likeness (QED) is 0.831. The maximum absolute atomic E-state index is 12.5. The number of nitrogens with zero attached hydrogens (tertiary/aromatic N) is 4. The zero-order valence-corrected chi connectivity index (χ0v) is 15.1.